The number of aliphatic carboxylic acids is 1. The Morgan fingerprint density at radius 2 is 2.29 bits per heavy atom. The first-order chi connectivity index (χ1) is 6.68. The van der Waals surface area contributed by atoms with Gasteiger partial charge in [-0.3, -0.25) is 4.98 Å². The van der Waals surface area contributed by atoms with Crippen LogP contribution >= 0.6 is 0 Å². The summed E-state index contributed by atoms with van der Waals surface area (Å²) in [4.78, 5) is 14.9. The monoisotopic (exact) mass is 189 g/mol. The van der Waals surface area contributed by atoms with Crippen molar-refractivity contribution in [3.8, 4) is 0 Å². The molecule has 0 atom stereocenters. The van der Waals surface area contributed by atoms with Crippen LogP contribution in [0.3, 0.4) is 0 Å². The summed E-state index contributed by atoms with van der Waals surface area (Å²) in [7, 11) is 0. The zero-order valence-electron chi connectivity index (χ0n) is 7.95. The lowest BCUT2D eigenvalue weighted by Gasteiger charge is -2.14. The number of rotatable bonds is 1. The van der Waals surface area contributed by atoms with Gasteiger partial charge in [-0.15, -0.1) is 0 Å². The molecule has 1 aromatic heterocycles. The molecule has 1 aromatic rings. The number of fused-ring (bicyclic) bond motifs is 1. The van der Waals surface area contributed by atoms with Gasteiger partial charge < -0.3 is 5.11 Å². The van der Waals surface area contributed by atoms with E-state index in [1.807, 2.05) is 13.0 Å². The van der Waals surface area contributed by atoms with Gasteiger partial charge in [-0.05, 0) is 43.0 Å². The lowest BCUT2D eigenvalue weighted by Crippen LogP contribution is -2.08. The number of carboxylic acids is 1. The number of aromatic nitrogens is 1. The van der Waals surface area contributed by atoms with Gasteiger partial charge in [0.25, 0.3) is 0 Å². The number of aryl methyl sites for hydroxylation is 2. The van der Waals surface area contributed by atoms with Crippen molar-refractivity contribution in [2.24, 2.45) is 0 Å². The van der Waals surface area contributed by atoms with Gasteiger partial charge in [0, 0.05) is 17.5 Å². The molecule has 1 heterocycles. The zero-order valence-corrected chi connectivity index (χ0v) is 7.95. The Balaban J connectivity index is 2.52. The van der Waals surface area contributed by atoms with Crippen LogP contribution in [0, 0.1) is 6.92 Å². The van der Waals surface area contributed by atoms with E-state index in [9.17, 15) is 4.79 Å². The summed E-state index contributed by atoms with van der Waals surface area (Å²) in [5.74, 6) is -0.820. The first-order valence-corrected chi connectivity index (χ1v) is 4.57. The lowest BCUT2D eigenvalue weighted by atomic mass is 9.92. The van der Waals surface area contributed by atoms with E-state index in [-0.39, 0.29) is 0 Å². The Morgan fingerprint density at radius 1 is 1.50 bits per heavy atom. The molecule has 0 unspecified atom stereocenters. The van der Waals surface area contributed by atoms with Gasteiger partial charge in [-0.2, -0.15) is 0 Å². The van der Waals surface area contributed by atoms with E-state index in [1.54, 1.807) is 12.3 Å². The fourth-order valence-electron chi connectivity index (χ4n) is 1.73. The third kappa shape index (κ3) is 1.41. The second kappa shape index (κ2) is 3.25. The molecule has 1 N–H and O–H groups in total. The van der Waals surface area contributed by atoms with Gasteiger partial charge in [-0.25, -0.2) is 4.79 Å². The highest BCUT2D eigenvalue weighted by atomic mass is 16.4. The minimum absolute atomic E-state index is 0.480. The molecule has 0 aliphatic heterocycles. The molecule has 0 amide bonds. The number of hydrogen-bond acceptors (Lipinski definition) is 2. The maximum atomic E-state index is 10.8. The van der Waals surface area contributed by atoms with Crippen LogP contribution in [0.5, 0.6) is 0 Å². The van der Waals surface area contributed by atoms with Gasteiger partial charge in [0.05, 0.1) is 0 Å². The van der Waals surface area contributed by atoms with Gasteiger partial charge in [0.15, 0.2) is 0 Å². The van der Waals surface area contributed by atoms with Crippen molar-refractivity contribution in [1.29, 1.82) is 0 Å². The fourth-order valence-corrected chi connectivity index (χ4v) is 1.73. The van der Waals surface area contributed by atoms with Crippen LogP contribution in [-0.4, -0.2) is 16.1 Å². The summed E-state index contributed by atoms with van der Waals surface area (Å²) in [5.41, 5.74) is 3.56. The van der Waals surface area contributed by atoms with E-state index in [0.29, 0.717) is 12.0 Å². The van der Waals surface area contributed by atoms with Gasteiger partial charge >= 0.3 is 5.97 Å². The van der Waals surface area contributed by atoms with Crippen LogP contribution in [0.25, 0.3) is 6.08 Å². The van der Waals surface area contributed by atoms with Crippen molar-refractivity contribution >= 4 is 12.0 Å². The summed E-state index contributed by atoms with van der Waals surface area (Å²) in [6, 6.07) is 1.96. The molecule has 0 fully saturated rings. The first-order valence-electron chi connectivity index (χ1n) is 4.57. The Labute approximate surface area is 82.1 Å². The molecule has 3 nitrogen and oxygen atoms in total. The van der Waals surface area contributed by atoms with Crippen LogP contribution in [0.2, 0.25) is 0 Å². The Kier molecular flexibility index (Phi) is 2.08. The van der Waals surface area contributed by atoms with Crippen molar-refractivity contribution in [3.63, 3.8) is 0 Å². The van der Waals surface area contributed by atoms with Gasteiger partial charge in [0.1, 0.15) is 0 Å². The number of nitrogens with zero attached hydrogens (tertiary/aromatic N) is 1. The molecule has 2 rings (SSSR count). The molecule has 0 radical (unpaired) electrons. The van der Waals surface area contributed by atoms with Crippen LogP contribution in [0.1, 0.15) is 23.2 Å². The normalized spacial score (nSPS) is 14.5. The molecule has 0 saturated heterocycles. The Hall–Kier alpha value is -1.64. The molecule has 0 bridgehead atoms. The maximum absolute atomic E-state index is 10.8. The summed E-state index contributed by atoms with van der Waals surface area (Å²) in [5, 5.41) is 8.87. The van der Waals surface area contributed by atoms with Crippen molar-refractivity contribution in [3.05, 3.63) is 34.7 Å². The van der Waals surface area contributed by atoms with Crippen molar-refractivity contribution < 1.29 is 9.90 Å². The van der Waals surface area contributed by atoms with E-state index < -0.39 is 5.97 Å². The number of carbonyl (C=O) groups is 1. The average molecular weight is 189 g/mol. The second-order valence-corrected chi connectivity index (χ2v) is 3.44. The second-order valence-electron chi connectivity index (χ2n) is 3.44. The molecule has 0 spiro atoms. The molecule has 1 aliphatic rings. The minimum atomic E-state index is -0.820. The third-order valence-electron chi connectivity index (χ3n) is 2.54. The fraction of sp³-hybridized carbons (Fsp3) is 0.273. The Morgan fingerprint density at radius 3 is 3.00 bits per heavy atom. The van der Waals surface area contributed by atoms with Crippen molar-refractivity contribution in [2.45, 2.75) is 19.8 Å². The van der Waals surface area contributed by atoms with E-state index in [1.165, 1.54) is 5.56 Å². The summed E-state index contributed by atoms with van der Waals surface area (Å²) in [6.07, 6.45) is 4.93. The summed E-state index contributed by atoms with van der Waals surface area (Å²) >= 11 is 0. The maximum Gasteiger partial charge on any atom is 0.331 e. The standard InChI is InChI=1S/C11H11NO2/c1-7-10-6-9(11(13)14)3-2-8(10)4-5-12-7/h4-6H,2-3H2,1H3,(H,13,14). The Bertz CT molecular complexity index is 421. The number of hydrogen-bond donors (Lipinski definition) is 1. The predicted octanol–water partition coefficient (Wildman–Crippen LogP) is 1.80. The van der Waals surface area contributed by atoms with E-state index in [2.05, 4.69) is 4.98 Å². The highest BCUT2D eigenvalue weighted by Gasteiger charge is 2.16. The van der Waals surface area contributed by atoms with Gasteiger partial charge in [-0.1, -0.05) is 0 Å². The first kappa shape index (κ1) is 8.94. The van der Waals surface area contributed by atoms with Crippen LogP contribution < -0.4 is 0 Å². The van der Waals surface area contributed by atoms with Crippen molar-refractivity contribution in [2.75, 3.05) is 0 Å². The number of carboxylic acid groups (broad SMARTS) is 1. The van der Waals surface area contributed by atoms with Crippen LogP contribution in [-0.2, 0) is 11.2 Å². The molecule has 0 aromatic carbocycles. The summed E-state index contributed by atoms with van der Waals surface area (Å²) < 4.78 is 0. The SMILES string of the molecule is Cc1nccc2c1C=C(C(=O)O)CC2. The topological polar surface area (TPSA) is 50.2 Å². The van der Waals surface area contributed by atoms with E-state index in [0.717, 1.165) is 17.7 Å². The van der Waals surface area contributed by atoms with E-state index in [4.69, 9.17) is 5.11 Å². The molecule has 72 valence electrons. The molecule has 14 heavy (non-hydrogen) atoms. The highest BCUT2D eigenvalue weighted by Crippen LogP contribution is 2.25. The van der Waals surface area contributed by atoms with Crippen molar-refractivity contribution in [1.82, 2.24) is 4.98 Å². The van der Waals surface area contributed by atoms with Crippen LogP contribution in [0.15, 0.2) is 17.8 Å². The molecule has 1 aliphatic carbocycles. The average Bonchev–Trinajstić information content (AvgIpc) is 2.18. The molecule has 0 saturated carbocycles. The quantitative estimate of drug-likeness (QED) is 0.732. The predicted molar refractivity (Wildman–Crippen MR) is 52.9 cm³/mol. The molecular weight excluding hydrogens is 178 g/mol. The zero-order chi connectivity index (χ0) is 10.1. The minimum Gasteiger partial charge on any atom is -0.478 e. The third-order valence-corrected chi connectivity index (χ3v) is 2.54. The highest BCUT2D eigenvalue weighted by molar-refractivity contribution is 5.93. The largest absolute Gasteiger partial charge is 0.478 e. The van der Waals surface area contributed by atoms with E-state index >= 15 is 0 Å². The smallest absolute Gasteiger partial charge is 0.331 e. The molecular formula is C11H11NO2. The number of pyridine rings is 1. The van der Waals surface area contributed by atoms with Crippen LogP contribution in [0.4, 0.5) is 0 Å². The lowest BCUT2D eigenvalue weighted by molar-refractivity contribution is -0.132. The summed E-state index contributed by atoms with van der Waals surface area (Å²) in [6.45, 7) is 1.90. The van der Waals surface area contributed by atoms with Gasteiger partial charge in [0.2, 0.25) is 0 Å². The molecule has 3 heteroatoms.